The van der Waals surface area contributed by atoms with Gasteiger partial charge in [0, 0.05) is 5.69 Å². The van der Waals surface area contributed by atoms with Crippen LogP contribution in [-0.4, -0.2) is 13.1 Å². The van der Waals surface area contributed by atoms with Crippen LogP contribution < -0.4 is 5.32 Å². The number of esters is 1. The third kappa shape index (κ3) is 2.66. The van der Waals surface area contributed by atoms with Crippen LogP contribution in [-0.2, 0) is 4.74 Å². The largest absolute Gasteiger partial charge is 0.465 e. The van der Waals surface area contributed by atoms with Gasteiger partial charge in [-0.3, -0.25) is 0 Å². The lowest BCUT2D eigenvalue weighted by molar-refractivity contribution is 0.0602. The highest BCUT2D eigenvalue weighted by Gasteiger charge is 2.10. The van der Waals surface area contributed by atoms with Gasteiger partial charge in [-0.1, -0.05) is 12.1 Å². The van der Waals surface area contributed by atoms with Crippen LogP contribution in [0.3, 0.4) is 0 Å². The first-order chi connectivity index (χ1) is 8.70. The first-order valence-electron chi connectivity index (χ1n) is 5.40. The monoisotopic (exact) mass is 245 g/mol. The van der Waals surface area contributed by atoms with E-state index in [0.717, 1.165) is 0 Å². The van der Waals surface area contributed by atoms with Crippen LogP contribution in [0.2, 0.25) is 0 Å². The number of hydrogen-bond donors (Lipinski definition) is 1. The average Bonchev–Trinajstić information content (AvgIpc) is 2.41. The summed E-state index contributed by atoms with van der Waals surface area (Å²) in [6.45, 7) is 0. The van der Waals surface area contributed by atoms with Crippen molar-refractivity contribution in [3.8, 4) is 0 Å². The van der Waals surface area contributed by atoms with Crippen molar-refractivity contribution in [2.75, 3.05) is 12.4 Å². The molecule has 0 radical (unpaired) electrons. The molecule has 0 amide bonds. The predicted octanol–water partition coefficient (Wildman–Crippen LogP) is 3.36. The summed E-state index contributed by atoms with van der Waals surface area (Å²) in [7, 11) is 1.33. The molecule has 0 aromatic heterocycles. The second-order valence-corrected chi connectivity index (χ2v) is 3.67. The number of anilines is 2. The molecule has 92 valence electrons. The number of carbonyl (C=O) groups is 1. The molecule has 0 aliphatic carbocycles. The van der Waals surface area contributed by atoms with Crippen LogP contribution in [0.25, 0.3) is 0 Å². The van der Waals surface area contributed by atoms with E-state index in [4.69, 9.17) is 4.74 Å². The summed E-state index contributed by atoms with van der Waals surface area (Å²) in [4.78, 5) is 11.6. The Balaban J connectivity index is 2.28. The van der Waals surface area contributed by atoms with Gasteiger partial charge in [0.2, 0.25) is 0 Å². The summed E-state index contributed by atoms with van der Waals surface area (Å²) in [6.07, 6.45) is 0. The zero-order valence-electron chi connectivity index (χ0n) is 9.81. The van der Waals surface area contributed by atoms with E-state index in [-0.39, 0.29) is 5.82 Å². The number of nitrogens with one attached hydrogen (secondary N) is 1. The van der Waals surface area contributed by atoms with Gasteiger partial charge in [0.15, 0.2) is 0 Å². The molecule has 2 aromatic carbocycles. The summed E-state index contributed by atoms with van der Waals surface area (Å²) >= 11 is 0. The highest BCUT2D eigenvalue weighted by atomic mass is 19.1. The van der Waals surface area contributed by atoms with Crippen molar-refractivity contribution in [2.45, 2.75) is 0 Å². The van der Waals surface area contributed by atoms with Crippen LogP contribution >= 0.6 is 0 Å². The van der Waals surface area contributed by atoms with Crippen molar-refractivity contribution in [3.05, 3.63) is 59.9 Å². The quantitative estimate of drug-likeness (QED) is 0.843. The highest BCUT2D eigenvalue weighted by molar-refractivity contribution is 5.96. The predicted molar refractivity (Wildman–Crippen MR) is 67.5 cm³/mol. The maximum absolute atomic E-state index is 12.8. The first-order valence-corrected chi connectivity index (χ1v) is 5.40. The van der Waals surface area contributed by atoms with Crippen LogP contribution in [0.4, 0.5) is 15.8 Å². The van der Waals surface area contributed by atoms with Crippen molar-refractivity contribution in [1.82, 2.24) is 0 Å². The summed E-state index contributed by atoms with van der Waals surface area (Å²) in [5.74, 6) is -0.720. The molecule has 0 saturated heterocycles. The van der Waals surface area contributed by atoms with E-state index in [0.29, 0.717) is 16.9 Å². The lowest BCUT2D eigenvalue weighted by Gasteiger charge is -2.10. The lowest BCUT2D eigenvalue weighted by atomic mass is 10.1. The number of hydrogen-bond acceptors (Lipinski definition) is 3. The fraction of sp³-hybridized carbons (Fsp3) is 0.0714. The standard InChI is InChI=1S/C14H12FNO2/c1-18-14(17)12-4-2-3-5-13(12)16-11-8-6-10(15)7-9-11/h2-9,16H,1H3. The van der Waals surface area contributed by atoms with E-state index in [9.17, 15) is 9.18 Å². The van der Waals surface area contributed by atoms with Gasteiger partial charge in [-0.25, -0.2) is 9.18 Å². The van der Waals surface area contributed by atoms with Crippen molar-refractivity contribution < 1.29 is 13.9 Å². The Bertz CT molecular complexity index is 552. The Morgan fingerprint density at radius 1 is 1.11 bits per heavy atom. The summed E-state index contributed by atoms with van der Waals surface area (Å²) in [5, 5.41) is 3.05. The number of halogens is 1. The number of carbonyl (C=O) groups excluding carboxylic acids is 1. The zero-order valence-corrected chi connectivity index (χ0v) is 9.81. The molecule has 18 heavy (non-hydrogen) atoms. The summed E-state index contributed by atoms with van der Waals surface area (Å²) < 4.78 is 17.5. The van der Waals surface area contributed by atoms with Crippen LogP contribution in [0.1, 0.15) is 10.4 Å². The van der Waals surface area contributed by atoms with Gasteiger partial charge in [-0.05, 0) is 36.4 Å². The molecule has 0 spiro atoms. The molecule has 2 aromatic rings. The Morgan fingerprint density at radius 2 is 1.78 bits per heavy atom. The first kappa shape index (κ1) is 12.1. The van der Waals surface area contributed by atoms with E-state index in [1.165, 1.54) is 19.2 Å². The maximum atomic E-state index is 12.8. The molecule has 2 rings (SSSR count). The summed E-state index contributed by atoms with van der Waals surface area (Å²) in [5.41, 5.74) is 1.76. The molecule has 0 aliphatic rings. The van der Waals surface area contributed by atoms with Crippen molar-refractivity contribution in [1.29, 1.82) is 0 Å². The second kappa shape index (κ2) is 5.31. The van der Waals surface area contributed by atoms with E-state index in [2.05, 4.69) is 5.32 Å². The molecule has 0 bridgehead atoms. The molecule has 4 heteroatoms. The fourth-order valence-corrected chi connectivity index (χ4v) is 1.57. The zero-order chi connectivity index (χ0) is 13.0. The molecule has 0 aliphatic heterocycles. The molecule has 0 atom stereocenters. The number of rotatable bonds is 3. The van der Waals surface area contributed by atoms with E-state index in [1.54, 1.807) is 36.4 Å². The normalized spacial score (nSPS) is 9.89. The molecule has 0 unspecified atom stereocenters. The smallest absolute Gasteiger partial charge is 0.339 e. The number of methoxy groups -OCH3 is 1. The molecular formula is C14H12FNO2. The van der Waals surface area contributed by atoms with Gasteiger partial charge >= 0.3 is 5.97 Å². The van der Waals surface area contributed by atoms with Gasteiger partial charge in [0.05, 0.1) is 18.4 Å². The average molecular weight is 245 g/mol. The van der Waals surface area contributed by atoms with Gasteiger partial charge in [-0.2, -0.15) is 0 Å². The number of ether oxygens (including phenoxy) is 1. The van der Waals surface area contributed by atoms with Crippen LogP contribution in [0, 0.1) is 5.82 Å². The van der Waals surface area contributed by atoms with E-state index >= 15 is 0 Å². The minimum absolute atomic E-state index is 0.304. The minimum atomic E-state index is -0.416. The second-order valence-electron chi connectivity index (χ2n) is 3.67. The Labute approximate surface area is 104 Å². The molecule has 0 heterocycles. The lowest BCUT2D eigenvalue weighted by Crippen LogP contribution is -2.05. The van der Waals surface area contributed by atoms with Crippen LogP contribution in [0.15, 0.2) is 48.5 Å². The van der Waals surface area contributed by atoms with Crippen molar-refractivity contribution in [2.24, 2.45) is 0 Å². The Kier molecular flexibility index (Phi) is 3.57. The van der Waals surface area contributed by atoms with Crippen molar-refractivity contribution >= 4 is 17.3 Å². The number of para-hydroxylation sites is 1. The Morgan fingerprint density at radius 3 is 2.44 bits per heavy atom. The fourth-order valence-electron chi connectivity index (χ4n) is 1.57. The van der Waals surface area contributed by atoms with Gasteiger partial charge in [0.1, 0.15) is 5.82 Å². The molecule has 0 saturated carbocycles. The minimum Gasteiger partial charge on any atom is -0.465 e. The SMILES string of the molecule is COC(=O)c1ccccc1Nc1ccc(F)cc1. The van der Waals surface area contributed by atoms with Gasteiger partial charge < -0.3 is 10.1 Å². The topological polar surface area (TPSA) is 38.3 Å². The van der Waals surface area contributed by atoms with Crippen molar-refractivity contribution in [3.63, 3.8) is 0 Å². The number of benzene rings is 2. The van der Waals surface area contributed by atoms with Gasteiger partial charge in [-0.15, -0.1) is 0 Å². The third-order valence-corrected chi connectivity index (χ3v) is 2.46. The van der Waals surface area contributed by atoms with Gasteiger partial charge in [0.25, 0.3) is 0 Å². The maximum Gasteiger partial charge on any atom is 0.339 e. The van der Waals surface area contributed by atoms with E-state index in [1.807, 2.05) is 0 Å². The molecular weight excluding hydrogens is 233 g/mol. The van der Waals surface area contributed by atoms with E-state index < -0.39 is 5.97 Å². The van der Waals surface area contributed by atoms with Crippen LogP contribution in [0.5, 0.6) is 0 Å². The molecule has 0 fully saturated rings. The molecule has 3 nitrogen and oxygen atoms in total. The Hall–Kier alpha value is -2.36. The highest BCUT2D eigenvalue weighted by Crippen LogP contribution is 2.21. The summed E-state index contributed by atoms with van der Waals surface area (Å²) in [6, 6.07) is 12.9. The molecule has 1 N–H and O–H groups in total. The third-order valence-electron chi connectivity index (χ3n) is 2.46.